The van der Waals surface area contributed by atoms with Crippen LogP contribution < -0.4 is 4.74 Å². The Kier molecular flexibility index (Phi) is 7.68. The normalized spacial score (nSPS) is 14.9. The van der Waals surface area contributed by atoms with Gasteiger partial charge in [-0.15, -0.1) is 0 Å². The van der Waals surface area contributed by atoms with E-state index in [1.54, 1.807) is 23.1 Å². The summed E-state index contributed by atoms with van der Waals surface area (Å²) in [6, 6.07) is 7.20. The molecule has 0 bridgehead atoms. The molecule has 8 heteroatoms. The molecule has 0 radical (unpaired) electrons. The van der Waals surface area contributed by atoms with Gasteiger partial charge < -0.3 is 14.2 Å². The highest BCUT2D eigenvalue weighted by Crippen LogP contribution is 2.27. The molecule has 31 heavy (non-hydrogen) atoms. The van der Waals surface area contributed by atoms with E-state index in [-0.39, 0.29) is 18.3 Å². The van der Waals surface area contributed by atoms with Crippen molar-refractivity contribution in [1.82, 2.24) is 14.4 Å². The van der Waals surface area contributed by atoms with E-state index in [4.69, 9.17) is 27.9 Å². The molecule has 0 spiro atoms. The first-order chi connectivity index (χ1) is 14.7. The van der Waals surface area contributed by atoms with Crippen LogP contribution in [0.25, 0.3) is 0 Å². The highest BCUT2D eigenvalue weighted by Gasteiger charge is 2.25. The number of piperazine rings is 1. The summed E-state index contributed by atoms with van der Waals surface area (Å²) in [5.41, 5.74) is 2.91. The van der Waals surface area contributed by atoms with Crippen molar-refractivity contribution in [2.45, 2.75) is 33.7 Å². The first kappa shape index (κ1) is 23.6. The number of amides is 1. The highest BCUT2D eigenvalue weighted by molar-refractivity contribution is 6.35. The molecule has 1 aliphatic rings. The maximum atomic E-state index is 12.9. The van der Waals surface area contributed by atoms with Crippen molar-refractivity contribution in [1.29, 1.82) is 0 Å². The van der Waals surface area contributed by atoms with Crippen molar-refractivity contribution >= 4 is 34.9 Å². The van der Waals surface area contributed by atoms with Crippen LogP contribution in [0.5, 0.6) is 5.75 Å². The van der Waals surface area contributed by atoms with Crippen molar-refractivity contribution in [2.24, 2.45) is 0 Å². The van der Waals surface area contributed by atoms with Crippen LogP contribution in [0.1, 0.15) is 41.6 Å². The Balaban J connectivity index is 1.50. The lowest BCUT2D eigenvalue weighted by Gasteiger charge is -2.34. The Morgan fingerprint density at radius 2 is 1.74 bits per heavy atom. The van der Waals surface area contributed by atoms with Gasteiger partial charge in [0.05, 0.1) is 11.6 Å². The predicted octanol–water partition coefficient (Wildman–Crippen LogP) is 4.40. The molecule has 1 aromatic heterocycles. The van der Waals surface area contributed by atoms with Crippen LogP contribution in [0.4, 0.5) is 0 Å². The van der Waals surface area contributed by atoms with E-state index < -0.39 is 0 Å². The number of carbonyl (C=O) groups is 2. The average molecular weight is 466 g/mol. The first-order valence-electron chi connectivity index (χ1n) is 10.5. The molecule has 0 N–H and O–H groups in total. The zero-order valence-corrected chi connectivity index (χ0v) is 20.0. The lowest BCUT2D eigenvalue weighted by molar-refractivity contribution is -0.135. The summed E-state index contributed by atoms with van der Waals surface area (Å²) in [5.74, 6) is 0.459. The van der Waals surface area contributed by atoms with Crippen molar-refractivity contribution in [3.63, 3.8) is 0 Å². The fraction of sp³-hybridized carbons (Fsp3) is 0.478. The van der Waals surface area contributed by atoms with Crippen LogP contribution in [0.15, 0.2) is 24.3 Å². The summed E-state index contributed by atoms with van der Waals surface area (Å²) in [7, 11) is 0. The second-order valence-corrected chi connectivity index (χ2v) is 9.04. The minimum absolute atomic E-state index is 0.0819. The molecule has 0 atom stereocenters. The van der Waals surface area contributed by atoms with Gasteiger partial charge in [-0.2, -0.15) is 0 Å². The van der Waals surface area contributed by atoms with Gasteiger partial charge in [-0.3, -0.25) is 14.5 Å². The lowest BCUT2D eigenvalue weighted by atomic mass is 10.1. The molecule has 1 fully saturated rings. The molecule has 1 aliphatic heterocycles. The van der Waals surface area contributed by atoms with Crippen LogP contribution in [0.2, 0.25) is 10.0 Å². The monoisotopic (exact) mass is 465 g/mol. The van der Waals surface area contributed by atoms with E-state index in [2.05, 4.69) is 23.3 Å². The Morgan fingerprint density at radius 1 is 1.06 bits per heavy atom. The van der Waals surface area contributed by atoms with E-state index in [1.165, 1.54) is 0 Å². The van der Waals surface area contributed by atoms with Gasteiger partial charge in [0.15, 0.2) is 12.4 Å². The van der Waals surface area contributed by atoms with Gasteiger partial charge in [0, 0.05) is 54.2 Å². The van der Waals surface area contributed by atoms with Gasteiger partial charge in [-0.25, -0.2) is 0 Å². The topological polar surface area (TPSA) is 54.8 Å². The molecule has 3 rings (SSSR count). The van der Waals surface area contributed by atoms with Crippen LogP contribution in [-0.2, 0) is 4.79 Å². The fourth-order valence-corrected chi connectivity index (χ4v) is 4.58. The molecule has 2 aromatic rings. The van der Waals surface area contributed by atoms with Gasteiger partial charge in [0.25, 0.3) is 5.91 Å². The van der Waals surface area contributed by atoms with Gasteiger partial charge in [-0.05, 0) is 52.0 Å². The number of nitrogens with zero attached hydrogens (tertiary/aromatic N) is 3. The van der Waals surface area contributed by atoms with Crippen LogP contribution >= 0.6 is 23.2 Å². The summed E-state index contributed by atoms with van der Waals surface area (Å²) in [6.45, 7) is 11.0. The van der Waals surface area contributed by atoms with Crippen molar-refractivity contribution in [2.75, 3.05) is 39.3 Å². The Labute approximate surface area is 193 Å². The summed E-state index contributed by atoms with van der Waals surface area (Å²) < 4.78 is 7.74. The molecule has 2 heterocycles. The summed E-state index contributed by atoms with van der Waals surface area (Å²) in [6.07, 6.45) is 0. The number of ketones is 1. The van der Waals surface area contributed by atoms with E-state index >= 15 is 0 Å². The smallest absolute Gasteiger partial charge is 0.260 e. The minimum Gasteiger partial charge on any atom is -0.482 e. The molecule has 0 aliphatic carbocycles. The van der Waals surface area contributed by atoms with Gasteiger partial charge >= 0.3 is 0 Å². The summed E-state index contributed by atoms with van der Waals surface area (Å²) in [4.78, 5) is 29.2. The molecular weight excluding hydrogens is 437 g/mol. The van der Waals surface area contributed by atoms with Crippen molar-refractivity contribution in [3.8, 4) is 5.75 Å². The zero-order valence-electron chi connectivity index (χ0n) is 18.5. The van der Waals surface area contributed by atoms with E-state index in [1.807, 2.05) is 19.9 Å². The quantitative estimate of drug-likeness (QED) is 0.568. The van der Waals surface area contributed by atoms with Gasteiger partial charge in [-0.1, -0.05) is 23.2 Å². The molecule has 1 amide bonds. The number of rotatable bonds is 7. The molecule has 1 aromatic carbocycles. The van der Waals surface area contributed by atoms with Crippen LogP contribution in [-0.4, -0.2) is 65.4 Å². The Hall–Kier alpha value is -2.02. The van der Waals surface area contributed by atoms with Crippen LogP contribution in [0, 0.1) is 13.8 Å². The Morgan fingerprint density at radius 3 is 2.32 bits per heavy atom. The number of hydrogen-bond acceptors (Lipinski definition) is 4. The Bertz CT molecular complexity index is 963. The number of aromatic nitrogens is 1. The molecular formula is C23H29Cl2N3O3. The molecule has 1 saturated heterocycles. The molecule has 0 unspecified atom stereocenters. The number of carbonyl (C=O) groups excluding carboxylic acids is 2. The number of benzene rings is 1. The SMILES string of the molecule is Cc1cc(C(=O)CN2CCN(C(=O)COc3ccc(Cl)cc3Cl)CC2)c(C)n1C(C)C. The van der Waals surface area contributed by atoms with E-state index in [9.17, 15) is 9.59 Å². The number of halogens is 2. The largest absolute Gasteiger partial charge is 0.482 e. The van der Waals surface area contributed by atoms with Crippen LogP contribution in [0.3, 0.4) is 0 Å². The third-order valence-corrected chi connectivity index (χ3v) is 6.17. The number of Topliss-reactive ketones (excluding diaryl/α,β-unsaturated/α-hetero) is 1. The second-order valence-electron chi connectivity index (χ2n) is 8.19. The second kappa shape index (κ2) is 10.1. The molecule has 0 saturated carbocycles. The maximum Gasteiger partial charge on any atom is 0.260 e. The molecule has 6 nitrogen and oxygen atoms in total. The predicted molar refractivity (Wildman–Crippen MR) is 124 cm³/mol. The van der Waals surface area contributed by atoms with Gasteiger partial charge in [0.2, 0.25) is 0 Å². The zero-order chi connectivity index (χ0) is 22.7. The third kappa shape index (κ3) is 5.62. The van der Waals surface area contributed by atoms with E-state index in [0.29, 0.717) is 54.6 Å². The van der Waals surface area contributed by atoms with Gasteiger partial charge in [0.1, 0.15) is 5.75 Å². The van der Waals surface area contributed by atoms with Crippen molar-refractivity contribution < 1.29 is 14.3 Å². The number of hydrogen-bond donors (Lipinski definition) is 0. The van der Waals surface area contributed by atoms with E-state index in [0.717, 1.165) is 17.0 Å². The average Bonchev–Trinajstić information content (AvgIpc) is 3.02. The summed E-state index contributed by atoms with van der Waals surface area (Å²) in [5, 5.41) is 0.890. The summed E-state index contributed by atoms with van der Waals surface area (Å²) >= 11 is 12.0. The molecule has 168 valence electrons. The maximum absolute atomic E-state index is 12.9. The number of ether oxygens (including phenoxy) is 1. The first-order valence-corrected chi connectivity index (χ1v) is 11.2. The fourth-order valence-electron chi connectivity index (χ4n) is 4.12. The highest BCUT2D eigenvalue weighted by atomic mass is 35.5. The number of aryl methyl sites for hydroxylation is 1. The minimum atomic E-state index is -0.0996. The third-order valence-electron chi connectivity index (χ3n) is 5.64. The van der Waals surface area contributed by atoms with Crippen molar-refractivity contribution in [3.05, 3.63) is 51.3 Å². The lowest BCUT2D eigenvalue weighted by Crippen LogP contribution is -2.51. The standard InChI is InChI=1S/C23H29Cl2N3O3/c1-15(2)28-16(3)11-19(17(28)4)21(29)13-26-7-9-27(10-8-26)23(30)14-31-22-6-5-18(24)12-20(22)25/h5-6,11-12,15H,7-10,13-14H2,1-4H3.